The van der Waals surface area contributed by atoms with Crippen LogP contribution in [-0.4, -0.2) is 41.2 Å². The molecule has 2 rings (SSSR count). The van der Waals surface area contributed by atoms with Crippen LogP contribution in [0.4, 0.5) is 0 Å². The van der Waals surface area contributed by atoms with Crippen molar-refractivity contribution in [3.05, 3.63) is 29.6 Å². The Bertz CT molecular complexity index is 469. The second-order valence-corrected chi connectivity index (χ2v) is 4.43. The van der Waals surface area contributed by atoms with E-state index < -0.39 is 5.97 Å². The van der Waals surface area contributed by atoms with E-state index in [1.807, 2.05) is 0 Å². The average Bonchev–Trinajstić information content (AvgIpc) is 2.46. The summed E-state index contributed by atoms with van der Waals surface area (Å²) in [6, 6.07) is 2.61. The van der Waals surface area contributed by atoms with Crippen LogP contribution in [0, 0.1) is 0 Å². The lowest BCUT2D eigenvalue weighted by Gasteiger charge is -2.22. The number of carboxylic acids is 1. The summed E-state index contributed by atoms with van der Waals surface area (Å²) >= 11 is 0. The van der Waals surface area contributed by atoms with Crippen molar-refractivity contribution in [2.75, 3.05) is 13.2 Å². The third-order valence-electron chi connectivity index (χ3n) is 3.00. The molecule has 0 aromatic carbocycles. The van der Waals surface area contributed by atoms with Crippen LogP contribution in [0.5, 0.6) is 0 Å². The number of aromatic nitrogens is 1. The molecule has 102 valence electrons. The van der Waals surface area contributed by atoms with Gasteiger partial charge >= 0.3 is 5.97 Å². The minimum atomic E-state index is -1.08. The highest BCUT2D eigenvalue weighted by molar-refractivity contribution is 5.95. The summed E-state index contributed by atoms with van der Waals surface area (Å²) in [6.07, 6.45) is 4.46. The molecule has 0 spiro atoms. The third kappa shape index (κ3) is 3.75. The van der Waals surface area contributed by atoms with Gasteiger partial charge in [0.2, 0.25) is 0 Å². The van der Waals surface area contributed by atoms with E-state index in [0.29, 0.717) is 6.54 Å². The van der Waals surface area contributed by atoms with E-state index in [1.54, 1.807) is 0 Å². The van der Waals surface area contributed by atoms with E-state index in [-0.39, 0.29) is 23.3 Å². The van der Waals surface area contributed by atoms with Gasteiger partial charge in [-0.15, -0.1) is 0 Å². The summed E-state index contributed by atoms with van der Waals surface area (Å²) in [6.45, 7) is 1.16. The lowest BCUT2D eigenvalue weighted by molar-refractivity contribution is 0.0168. The molecule has 0 aliphatic carbocycles. The van der Waals surface area contributed by atoms with Gasteiger partial charge < -0.3 is 15.2 Å². The van der Waals surface area contributed by atoms with Crippen molar-refractivity contribution in [3.63, 3.8) is 0 Å². The number of aromatic carboxylic acids is 1. The zero-order valence-corrected chi connectivity index (χ0v) is 10.5. The summed E-state index contributed by atoms with van der Waals surface area (Å²) in [7, 11) is 0. The molecule has 1 aliphatic rings. The Balaban J connectivity index is 1.92. The van der Waals surface area contributed by atoms with Crippen LogP contribution in [0.3, 0.4) is 0 Å². The molecule has 1 atom stereocenters. The maximum absolute atomic E-state index is 11.8. The summed E-state index contributed by atoms with van der Waals surface area (Å²) in [5, 5.41) is 11.6. The van der Waals surface area contributed by atoms with Crippen molar-refractivity contribution >= 4 is 11.9 Å². The van der Waals surface area contributed by atoms with Crippen molar-refractivity contribution < 1.29 is 19.4 Å². The molecule has 0 bridgehead atoms. The fourth-order valence-electron chi connectivity index (χ4n) is 1.95. The number of carbonyl (C=O) groups excluding carboxylic acids is 1. The first kappa shape index (κ1) is 13.5. The first-order valence-corrected chi connectivity index (χ1v) is 6.26. The topological polar surface area (TPSA) is 88.5 Å². The smallest absolute Gasteiger partial charge is 0.335 e. The second kappa shape index (κ2) is 6.29. The number of nitrogens with zero attached hydrogens (tertiary/aromatic N) is 1. The van der Waals surface area contributed by atoms with Gasteiger partial charge in [0.25, 0.3) is 5.91 Å². The van der Waals surface area contributed by atoms with Gasteiger partial charge in [-0.05, 0) is 31.4 Å². The molecule has 0 saturated carbocycles. The molecular weight excluding hydrogens is 248 g/mol. The number of hydrogen-bond donors (Lipinski definition) is 2. The van der Waals surface area contributed by atoms with Crippen LogP contribution >= 0.6 is 0 Å². The van der Waals surface area contributed by atoms with Crippen LogP contribution in [0.1, 0.15) is 40.1 Å². The van der Waals surface area contributed by atoms with Crippen LogP contribution in [0.2, 0.25) is 0 Å². The summed E-state index contributed by atoms with van der Waals surface area (Å²) in [5.74, 6) is -1.45. The minimum absolute atomic E-state index is 0.0420. The first-order valence-electron chi connectivity index (χ1n) is 6.26. The van der Waals surface area contributed by atoms with Crippen molar-refractivity contribution in [1.29, 1.82) is 0 Å². The molecule has 1 unspecified atom stereocenters. The number of amides is 1. The number of nitrogens with one attached hydrogen (secondary N) is 1. The molecule has 0 radical (unpaired) electrons. The SMILES string of the molecule is O=C(O)c1ccnc(C(=O)NCC2CCCCO2)c1. The Morgan fingerprint density at radius 1 is 1.47 bits per heavy atom. The highest BCUT2D eigenvalue weighted by Crippen LogP contribution is 2.11. The number of rotatable bonds is 4. The van der Waals surface area contributed by atoms with Gasteiger partial charge in [0, 0.05) is 19.3 Å². The number of hydrogen-bond acceptors (Lipinski definition) is 4. The Morgan fingerprint density at radius 3 is 3.00 bits per heavy atom. The monoisotopic (exact) mass is 264 g/mol. The van der Waals surface area contributed by atoms with Crippen molar-refractivity contribution in [2.24, 2.45) is 0 Å². The number of carbonyl (C=O) groups is 2. The van der Waals surface area contributed by atoms with Crippen LogP contribution < -0.4 is 5.32 Å². The summed E-state index contributed by atoms with van der Waals surface area (Å²) < 4.78 is 5.50. The van der Waals surface area contributed by atoms with Gasteiger partial charge in [-0.3, -0.25) is 9.78 Å². The van der Waals surface area contributed by atoms with Gasteiger partial charge in [-0.25, -0.2) is 4.79 Å². The average molecular weight is 264 g/mol. The Labute approximate surface area is 110 Å². The molecule has 1 aromatic heterocycles. The van der Waals surface area contributed by atoms with Gasteiger partial charge in [0.1, 0.15) is 5.69 Å². The van der Waals surface area contributed by atoms with Crippen molar-refractivity contribution in [3.8, 4) is 0 Å². The predicted octanol–water partition coefficient (Wildman–Crippen LogP) is 1.08. The second-order valence-electron chi connectivity index (χ2n) is 4.43. The van der Waals surface area contributed by atoms with Crippen LogP contribution in [-0.2, 0) is 4.74 Å². The molecule has 1 fully saturated rings. The molecule has 2 N–H and O–H groups in total. The molecule has 1 amide bonds. The molecule has 6 nitrogen and oxygen atoms in total. The number of carboxylic acid groups (broad SMARTS) is 1. The first-order chi connectivity index (χ1) is 9.16. The van der Waals surface area contributed by atoms with Gasteiger partial charge in [0.05, 0.1) is 11.7 Å². The molecule has 1 aromatic rings. The van der Waals surface area contributed by atoms with E-state index in [0.717, 1.165) is 25.9 Å². The molecule has 2 heterocycles. The maximum atomic E-state index is 11.8. The minimum Gasteiger partial charge on any atom is -0.478 e. The lowest BCUT2D eigenvalue weighted by Crippen LogP contribution is -2.35. The van der Waals surface area contributed by atoms with Gasteiger partial charge in [0.15, 0.2) is 0 Å². The van der Waals surface area contributed by atoms with Crippen LogP contribution in [0.15, 0.2) is 18.3 Å². The molecule has 6 heteroatoms. The van der Waals surface area contributed by atoms with E-state index in [2.05, 4.69) is 10.3 Å². The normalized spacial score (nSPS) is 18.8. The Morgan fingerprint density at radius 2 is 2.32 bits per heavy atom. The van der Waals surface area contributed by atoms with Crippen molar-refractivity contribution in [1.82, 2.24) is 10.3 Å². The quantitative estimate of drug-likeness (QED) is 0.849. The summed E-state index contributed by atoms with van der Waals surface area (Å²) in [4.78, 5) is 26.5. The zero-order chi connectivity index (χ0) is 13.7. The third-order valence-corrected chi connectivity index (χ3v) is 3.00. The Hall–Kier alpha value is -1.95. The number of pyridine rings is 1. The largest absolute Gasteiger partial charge is 0.478 e. The van der Waals surface area contributed by atoms with E-state index in [9.17, 15) is 9.59 Å². The molecular formula is C13H16N2O4. The fraction of sp³-hybridized carbons (Fsp3) is 0.462. The fourth-order valence-corrected chi connectivity index (χ4v) is 1.95. The van der Waals surface area contributed by atoms with Gasteiger partial charge in [-0.1, -0.05) is 0 Å². The lowest BCUT2D eigenvalue weighted by atomic mass is 10.1. The zero-order valence-electron chi connectivity index (χ0n) is 10.5. The van der Waals surface area contributed by atoms with Crippen LogP contribution in [0.25, 0.3) is 0 Å². The highest BCUT2D eigenvalue weighted by Gasteiger charge is 2.16. The maximum Gasteiger partial charge on any atom is 0.335 e. The molecule has 1 saturated heterocycles. The van der Waals surface area contributed by atoms with Crippen molar-refractivity contribution in [2.45, 2.75) is 25.4 Å². The molecule has 1 aliphatic heterocycles. The number of ether oxygens (including phenoxy) is 1. The summed E-state index contributed by atoms with van der Waals surface area (Å²) in [5.41, 5.74) is 0.157. The van der Waals surface area contributed by atoms with E-state index >= 15 is 0 Å². The molecule has 19 heavy (non-hydrogen) atoms. The van der Waals surface area contributed by atoms with Gasteiger partial charge in [-0.2, -0.15) is 0 Å². The predicted molar refractivity (Wildman–Crippen MR) is 67.1 cm³/mol. The van der Waals surface area contributed by atoms with E-state index in [1.165, 1.54) is 18.3 Å². The Kier molecular flexibility index (Phi) is 4.46. The standard InChI is InChI=1S/C13H16N2O4/c16-12(15-8-10-3-1-2-6-19-10)11-7-9(13(17)18)4-5-14-11/h4-5,7,10H,1-3,6,8H2,(H,15,16)(H,17,18). The van der Waals surface area contributed by atoms with E-state index in [4.69, 9.17) is 9.84 Å². The highest BCUT2D eigenvalue weighted by atomic mass is 16.5.